The third-order valence-corrected chi connectivity index (χ3v) is 0. The van der Waals surface area contributed by atoms with Crippen LogP contribution in [-0.2, 0) is 0 Å². The number of hydrogen-bond donors (Lipinski definition) is 0. The maximum absolute atomic E-state index is 11.2. The zero-order chi connectivity index (χ0) is 4.28. The standard InChI is InChI=1S/C2H6FP/c1-2(3)4/h2H,4H2,1H3/i1D. The molecule has 2 unspecified atom stereocenters. The second-order valence-corrected chi connectivity index (χ2v) is 1.24. The Bertz CT molecular complexity index is 23.6. The van der Waals surface area contributed by atoms with Crippen LogP contribution in [0.5, 0.6) is 0 Å². The van der Waals surface area contributed by atoms with Gasteiger partial charge in [0.2, 0.25) is 0 Å². The Morgan fingerprint density at radius 1 is 2.50 bits per heavy atom. The second-order valence-electron chi connectivity index (χ2n) is 0.516. The van der Waals surface area contributed by atoms with Crippen LogP contribution in [0.25, 0.3) is 0 Å². The molecule has 0 aromatic carbocycles. The molecule has 0 aliphatic rings. The van der Waals surface area contributed by atoms with Gasteiger partial charge in [0.15, 0.2) is 0 Å². The average molecular weight is 81.0 g/mol. The van der Waals surface area contributed by atoms with Crippen LogP contribution in [0.15, 0.2) is 0 Å². The summed E-state index contributed by atoms with van der Waals surface area (Å²) in [6.45, 7) is -0.148. The summed E-state index contributed by atoms with van der Waals surface area (Å²) in [5.41, 5.74) is 0. The molecule has 2 heteroatoms. The Kier molecular flexibility index (Phi) is 1.07. The summed E-state index contributed by atoms with van der Waals surface area (Å²) in [4.78, 5) is 0. The molecule has 0 heterocycles. The highest BCUT2D eigenvalue weighted by Gasteiger charge is 1.73. The summed E-state index contributed by atoms with van der Waals surface area (Å²) in [6, 6.07) is 0. The summed E-state index contributed by atoms with van der Waals surface area (Å²) >= 11 is 0. The van der Waals surface area contributed by atoms with E-state index in [2.05, 4.69) is 0 Å². The van der Waals surface area contributed by atoms with Crippen LogP contribution in [-0.4, -0.2) is 5.91 Å². The Balaban J connectivity index is 2.54. The molecule has 0 aliphatic carbocycles. The van der Waals surface area contributed by atoms with Crippen molar-refractivity contribution >= 4 is 9.24 Å². The van der Waals surface area contributed by atoms with E-state index in [1.165, 1.54) is 0 Å². The monoisotopic (exact) mass is 81.0 g/mol. The van der Waals surface area contributed by atoms with Gasteiger partial charge >= 0.3 is 0 Å². The summed E-state index contributed by atoms with van der Waals surface area (Å²) < 4.78 is 17.5. The van der Waals surface area contributed by atoms with E-state index in [1.54, 1.807) is 0 Å². The lowest BCUT2D eigenvalue weighted by Crippen LogP contribution is -1.65. The van der Waals surface area contributed by atoms with Gasteiger partial charge in [-0.05, 0) is 6.90 Å². The van der Waals surface area contributed by atoms with Gasteiger partial charge in [-0.1, -0.05) is 0 Å². The molecule has 4 heavy (non-hydrogen) atoms. The maximum Gasteiger partial charge on any atom is 0.110 e. The van der Waals surface area contributed by atoms with E-state index in [0.717, 1.165) is 0 Å². The van der Waals surface area contributed by atoms with Gasteiger partial charge in [0, 0.05) is 1.37 Å². The molecule has 0 nitrogen and oxygen atoms in total. The number of rotatable bonds is 0. The predicted molar refractivity (Wildman–Crippen MR) is 20.3 cm³/mol. The zero-order valence-corrected chi connectivity index (χ0v) is 3.39. The van der Waals surface area contributed by atoms with Crippen molar-refractivity contribution in [3.8, 4) is 0 Å². The van der Waals surface area contributed by atoms with E-state index in [0.29, 0.717) is 0 Å². The van der Waals surface area contributed by atoms with Crippen LogP contribution in [0.4, 0.5) is 4.39 Å². The Labute approximate surface area is 29.0 Å². The Morgan fingerprint density at radius 2 is 2.75 bits per heavy atom. The van der Waals surface area contributed by atoms with Gasteiger partial charge in [-0.3, -0.25) is 0 Å². The van der Waals surface area contributed by atoms with Gasteiger partial charge in [-0.25, -0.2) is 4.39 Å². The molecule has 0 amide bonds. The van der Waals surface area contributed by atoms with Crippen LogP contribution in [0.1, 0.15) is 8.27 Å². The SMILES string of the molecule is [2H]CC(F)P. The fourth-order valence-corrected chi connectivity index (χ4v) is 0. The van der Waals surface area contributed by atoms with Crippen LogP contribution in [0.2, 0.25) is 0 Å². The van der Waals surface area contributed by atoms with Crippen molar-refractivity contribution in [1.29, 1.82) is 0 Å². The van der Waals surface area contributed by atoms with Gasteiger partial charge in [0.05, 0.1) is 0 Å². The highest BCUT2D eigenvalue weighted by Crippen LogP contribution is 1.94. The van der Waals surface area contributed by atoms with Crippen molar-refractivity contribution in [2.24, 2.45) is 0 Å². The average Bonchev–Trinajstić information content (AvgIpc) is 1.38. The highest BCUT2D eigenvalue weighted by atomic mass is 31.0. The van der Waals surface area contributed by atoms with E-state index in [-0.39, 0.29) is 6.90 Å². The Hall–Kier alpha value is 0.360. The summed E-state index contributed by atoms with van der Waals surface area (Å²) in [5, 5.41) is 0. The quantitative estimate of drug-likeness (QED) is 0.384. The fourth-order valence-electron chi connectivity index (χ4n) is 0. The van der Waals surface area contributed by atoms with Crippen molar-refractivity contribution in [1.82, 2.24) is 0 Å². The summed E-state index contributed by atoms with van der Waals surface area (Å²) in [5.74, 6) is -1.03. The van der Waals surface area contributed by atoms with Gasteiger partial charge in [0.1, 0.15) is 5.91 Å². The third-order valence-electron chi connectivity index (χ3n) is 0. The van der Waals surface area contributed by atoms with E-state index < -0.39 is 5.91 Å². The highest BCUT2D eigenvalue weighted by molar-refractivity contribution is 7.17. The molecule has 2 atom stereocenters. The number of alkyl halides is 1. The minimum absolute atomic E-state index is 0.148. The third kappa shape index (κ3) is 33.7. The molecular formula is C2H6FP. The molecule has 0 N–H and O–H groups in total. The molecule has 0 rings (SSSR count). The number of hydrogen-bond acceptors (Lipinski definition) is 0. The molecule has 0 aromatic heterocycles. The van der Waals surface area contributed by atoms with Gasteiger partial charge in [-0.15, -0.1) is 9.24 Å². The van der Waals surface area contributed by atoms with Crippen molar-refractivity contribution in [3.63, 3.8) is 0 Å². The first-order valence-corrected chi connectivity index (χ1v) is 1.63. The first kappa shape index (κ1) is 2.59. The second kappa shape index (κ2) is 1.66. The molecule has 0 saturated heterocycles. The van der Waals surface area contributed by atoms with Crippen LogP contribution in [0.3, 0.4) is 0 Å². The van der Waals surface area contributed by atoms with E-state index >= 15 is 0 Å². The normalized spacial score (nSPS) is 19.0. The molecule has 0 spiro atoms. The smallest absolute Gasteiger partial charge is 0.110 e. The molecule has 0 aliphatic heterocycles. The number of halogens is 1. The lowest BCUT2D eigenvalue weighted by molar-refractivity contribution is 0.483. The summed E-state index contributed by atoms with van der Waals surface area (Å²) in [7, 11) is 1.88. The van der Waals surface area contributed by atoms with Gasteiger partial charge in [0.25, 0.3) is 0 Å². The van der Waals surface area contributed by atoms with E-state index in [4.69, 9.17) is 1.37 Å². The maximum atomic E-state index is 11.2. The van der Waals surface area contributed by atoms with Crippen LogP contribution in [0, 0.1) is 0 Å². The van der Waals surface area contributed by atoms with Crippen molar-refractivity contribution < 1.29 is 5.76 Å². The molecule has 26 valence electrons. The molecule has 0 saturated carbocycles. The van der Waals surface area contributed by atoms with Crippen molar-refractivity contribution in [2.45, 2.75) is 12.8 Å². The molecule has 0 bridgehead atoms. The lowest BCUT2D eigenvalue weighted by atomic mass is 10.9. The van der Waals surface area contributed by atoms with Crippen LogP contribution >= 0.6 is 9.24 Å². The van der Waals surface area contributed by atoms with Gasteiger partial charge in [-0.2, -0.15) is 0 Å². The fraction of sp³-hybridized carbons (Fsp3) is 1.00. The summed E-state index contributed by atoms with van der Waals surface area (Å²) in [6.07, 6.45) is 0. The molecular weight excluding hydrogens is 74.0 g/mol. The largest absolute Gasteiger partial charge is 0.243 e. The first-order chi connectivity index (χ1) is 2.27. The van der Waals surface area contributed by atoms with Crippen LogP contribution < -0.4 is 0 Å². The first-order valence-electron chi connectivity index (χ1n) is 1.67. The minimum atomic E-state index is -1.03. The molecule has 0 fully saturated rings. The van der Waals surface area contributed by atoms with E-state index in [1.807, 2.05) is 9.24 Å². The lowest BCUT2D eigenvalue weighted by Gasteiger charge is -1.74. The molecule has 0 aromatic rings. The Morgan fingerprint density at radius 3 is 2.75 bits per heavy atom. The van der Waals surface area contributed by atoms with Gasteiger partial charge < -0.3 is 0 Å². The van der Waals surface area contributed by atoms with Crippen molar-refractivity contribution in [2.75, 3.05) is 0 Å². The predicted octanol–water partition coefficient (Wildman–Crippen LogP) is 1.18. The van der Waals surface area contributed by atoms with Crippen molar-refractivity contribution in [3.05, 3.63) is 0 Å². The molecule has 0 radical (unpaired) electrons. The zero-order valence-electron chi connectivity index (χ0n) is 3.24. The minimum Gasteiger partial charge on any atom is -0.243 e. The van der Waals surface area contributed by atoms with E-state index in [9.17, 15) is 4.39 Å². The topological polar surface area (TPSA) is 0 Å².